The molecule has 15 heavy (non-hydrogen) atoms. The SMILES string of the molecule is O=C(O)c1[nH]ccc1-c1cccc(Br)c1. The van der Waals surface area contributed by atoms with Crippen LogP contribution >= 0.6 is 15.9 Å². The maximum Gasteiger partial charge on any atom is 0.352 e. The number of halogens is 1. The molecule has 0 unspecified atom stereocenters. The van der Waals surface area contributed by atoms with Gasteiger partial charge < -0.3 is 10.1 Å². The molecule has 0 aliphatic heterocycles. The molecule has 0 aliphatic carbocycles. The van der Waals surface area contributed by atoms with Crippen LogP contribution in [0.15, 0.2) is 41.0 Å². The van der Waals surface area contributed by atoms with Crippen molar-refractivity contribution in [2.75, 3.05) is 0 Å². The van der Waals surface area contributed by atoms with E-state index in [-0.39, 0.29) is 5.69 Å². The first kappa shape index (κ1) is 9.98. The van der Waals surface area contributed by atoms with Crippen molar-refractivity contribution in [3.05, 3.63) is 46.7 Å². The van der Waals surface area contributed by atoms with Crippen LogP contribution in [0.3, 0.4) is 0 Å². The van der Waals surface area contributed by atoms with Crippen LogP contribution in [0.25, 0.3) is 11.1 Å². The Bertz CT molecular complexity index is 505. The van der Waals surface area contributed by atoms with Gasteiger partial charge in [-0.15, -0.1) is 0 Å². The van der Waals surface area contributed by atoms with Crippen molar-refractivity contribution in [2.45, 2.75) is 0 Å². The van der Waals surface area contributed by atoms with Gasteiger partial charge in [-0.2, -0.15) is 0 Å². The van der Waals surface area contributed by atoms with Crippen molar-refractivity contribution in [1.29, 1.82) is 0 Å². The fourth-order valence-corrected chi connectivity index (χ4v) is 1.84. The number of hydrogen-bond acceptors (Lipinski definition) is 1. The molecule has 0 saturated carbocycles. The molecular weight excluding hydrogens is 258 g/mol. The van der Waals surface area contributed by atoms with Gasteiger partial charge in [0.25, 0.3) is 0 Å². The van der Waals surface area contributed by atoms with Crippen LogP contribution in [-0.4, -0.2) is 16.1 Å². The average molecular weight is 266 g/mol. The normalized spacial score (nSPS) is 10.2. The van der Waals surface area contributed by atoms with Crippen LogP contribution in [0.1, 0.15) is 10.5 Å². The standard InChI is InChI=1S/C11H8BrNO2/c12-8-3-1-2-7(6-8)9-4-5-13-10(9)11(14)15/h1-6,13H,(H,14,15). The number of aromatic amines is 1. The highest BCUT2D eigenvalue weighted by Gasteiger charge is 2.12. The van der Waals surface area contributed by atoms with E-state index in [1.165, 1.54) is 0 Å². The topological polar surface area (TPSA) is 53.1 Å². The van der Waals surface area contributed by atoms with Crippen LogP contribution in [0.4, 0.5) is 0 Å². The summed E-state index contributed by atoms with van der Waals surface area (Å²) in [4.78, 5) is 13.6. The van der Waals surface area contributed by atoms with Crippen LogP contribution in [0, 0.1) is 0 Å². The molecule has 0 saturated heterocycles. The maximum atomic E-state index is 10.9. The number of carboxylic acid groups (broad SMARTS) is 1. The predicted molar refractivity (Wildman–Crippen MR) is 60.9 cm³/mol. The zero-order valence-corrected chi connectivity index (χ0v) is 9.28. The van der Waals surface area contributed by atoms with Crippen molar-refractivity contribution >= 4 is 21.9 Å². The van der Waals surface area contributed by atoms with Crippen molar-refractivity contribution in [3.8, 4) is 11.1 Å². The molecule has 1 heterocycles. The third kappa shape index (κ3) is 1.94. The second kappa shape index (κ2) is 3.90. The Morgan fingerprint density at radius 1 is 1.33 bits per heavy atom. The van der Waals surface area contributed by atoms with E-state index in [1.54, 1.807) is 12.3 Å². The first-order valence-electron chi connectivity index (χ1n) is 4.35. The average Bonchev–Trinajstić information content (AvgIpc) is 2.65. The molecule has 3 nitrogen and oxygen atoms in total. The third-order valence-electron chi connectivity index (χ3n) is 2.10. The molecule has 76 valence electrons. The molecular formula is C11H8BrNO2. The van der Waals surface area contributed by atoms with Crippen LogP contribution in [0.2, 0.25) is 0 Å². The molecule has 1 aromatic heterocycles. The smallest absolute Gasteiger partial charge is 0.352 e. The minimum atomic E-state index is -0.949. The molecule has 0 radical (unpaired) electrons. The summed E-state index contributed by atoms with van der Waals surface area (Å²) in [5.74, 6) is -0.949. The quantitative estimate of drug-likeness (QED) is 0.877. The summed E-state index contributed by atoms with van der Waals surface area (Å²) in [7, 11) is 0. The van der Waals surface area contributed by atoms with Gasteiger partial charge in [0.2, 0.25) is 0 Å². The lowest BCUT2D eigenvalue weighted by Crippen LogP contribution is -1.98. The van der Waals surface area contributed by atoms with E-state index >= 15 is 0 Å². The van der Waals surface area contributed by atoms with E-state index in [2.05, 4.69) is 20.9 Å². The van der Waals surface area contributed by atoms with Crippen molar-refractivity contribution < 1.29 is 9.90 Å². The van der Waals surface area contributed by atoms with Gasteiger partial charge in [0.15, 0.2) is 0 Å². The van der Waals surface area contributed by atoms with E-state index in [4.69, 9.17) is 5.11 Å². The Balaban J connectivity index is 2.54. The fraction of sp³-hybridized carbons (Fsp3) is 0. The van der Waals surface area contributed by atoms with Gasteiger partial charge in [0.05, 0.1) is 0 Å². The Morgan fingerprint density at radius 2 is 2.13 bits per heavy atom. The van der Waals surface area contributed by atoms with Gasteiger partial charge in [-0.3, -0.25) is 0 Å². The van der Waals surface area contributed by atoms with Crippen molar-refractivity contribution in [1.82, 2.24) is 4.98 Å². The zero-order chi connectivity index (χ0) is 10.8. The lowest BCUT2D eigenvalue weighted by molar-refractivity contribution is 0.0692. The highest BCUT2D eigenvalue weighted by atomic mass is 79.9. The second-order valence-electron chi connectivity index (χ2n) is 3.08. The number of H-pyrrole nitrogens is 1. The van der Waals surface area contributed by atoms with Crippen LogP contribution in [0.5, 0.6) is 0 Å². The zero-order valence-electron chi connectivity index (χ0n) is 7.70. The van der Waals surface area contributed by atoms with E-state index in [0.717, 1.165) is 10.0 Å². The summed E-state index contributed by atoms with van der Waals surface area (Å²) in [5.41, 5.74) is 1.79. The van der Waals surface area contributed by atoms with E-state index in [0.29, 0.717) is 5.56 Å². The molecule has 0 amide bonds. The van der Waals surface area contributed by atoms with Gasteiger partial charge in [0.1, 0.15) is 5.69 Å². The van der Waals surface area contributed by atoms with Gasteiger partial charge in [-0.1, -0.05) is 28.1 Å². The molecule has 2 N–H and O–H groups in total. The highest BCUT2D eigenvalue weighted by molar-refractivity contribution is 9.10. The minimum absolute atomic E-state index is 0.216. The molecule has 2 aromatic rings. The summed E-state index contributed by atoms with van der Waals surface area (Å²) in [6.45, 7) is 0. The molecule has 0 fully saturated rings. The molecule has 0 aliphatic rings. The van der Waals surface area contributed by atoms with Gasteiger partial charge in [-0.05, 0) is 23.8 Å². The molecule has 0 bridgehead atoms. The largest absolute Gasteiger partial charge is 0.477 e. The lowest BCUT2D eigenvalue weighted by Gasteiger charge is -2.00. The Hall–Kier alpha value is -1.55. The number of rotatable bonds is 2. The molecule has 1 aromatic carbocycles. The Labute approximate surface area is 94.9 Å². The van der Waals surface area contributed by atoms with Gasteiger partial charge in [0, 0.05) is 16.2 Å². The Kier molecular flexibility index (Phi) is 2.60. The van der Waals surface area contributed by atoms with Crippen LogP contribution in [-0.2, 0) is 0 Å². The van der Waals surface area contributed by atoms with Crippen molar-refractivity contribution in [3.63, 3.8) is 0 Å². The van der Waals surface area contributed by atoms with E-state index in [9.17, 15) is 4.79 Å². The fourth-order valence-electron chi connectivity index (χ4n) is 1.44. The predicted octanol–water partition coefficient (Wildman–Crippen LogP) is 3.14. The summed E-state index contributed by atoms with van der Waals surface area (Å²) in [6, 6.07) is 9.29. The first-order valence-corrected chi connectivity index (χ1v) is 5.14. The van der Waals surface area contributed by atoms with Crippen molar-refractivity contribution in [2.24, 2.45) is 0 Å². The van der Waals surface area contributed by atoms with Gasteiger partial charge >= 0.3 is 5.97 Å². The summed E-state index contributed by atoms with van der Waals surface area (Å²) < 4.78 is 0.928. The monoisotopic (exact) mass is 265 g/mol. The third-order valence-corrected chi connectivity index (χ3v) is 2.59. The number of carbonyl (C=O) groups is 1. The lowest BCUT2D eigenvalue weighted by atomic mass is 10.1. The number of aromatic carboxylic acids is 1. The number of benzene rings is 1. The first-order chi connectivity index (χ1) is 7.18. The minimum Gasteiger partial charge on any atom is -0.477 e. The summed E-state index contributed by atoms with van der Waals surface area (Å²) in [6.07, 6.45) is 1.62. The van der Waals surface area contributed by atoms with E-state index in [1.807, 2.05) is 24.3 Å². The molecule has 4 heteroatoms. The number of aromatic nitrogens is 1. The summed E-state index contributed by atoms with van der Waals surface area (Å²) >= 11 is 3.35. The van der Waals surface area contributed by atoms with Gasteiger partial charge in [-0.25, -0.2) is 4.79 Å². The highest BCUT2D eigenvalue weighted by Crippen LogP contribution is 2.25. The van der Waals surface area contributed by atoms with Crippen LogP contribution < -0.4 is 0 Å². The number of carboxylic acids is 1. The number of hydrogen-bond donors (Lipinski definition) is 2. The molecule has 2 rings (SSSR count). The summed E-state index contributed by atoms with van der Waals surface area (Å²) in [5, 5.41) is 8.94. The molecule has 0 atom stereocenters. The number of nitrogens with one attached hydrogen (secondary N) is 1. The Morgan fingerprint density at radius 3 is 2.80 bits per heavy atom. The van der Waals surface area contributed by atoms with E-state index < -0.39 is 5.97 Å². The second-order valence-corrected chi connectivity index (χ2v) is 4.00. The maximum absolute atomic E-state index is 10.9. The molecule has 0 spiro atoms.